The maximum absolute atomic E-state index is 5.91. The van der Waals surface area contributed by atoms with E-state index in [9.17, 15) is 0 Å². The second kappa shape index (κ2) is 4.35. The molecule has 0 aromatic carbocycles. The second-order valence-corrected chi connectivity index (χ2v) is 6.04. The molecule has 1 N–H and O–H groups in total. The second-order valence-electron chi connectivity index (χ2n) is 4.56. The van der Waals surface area contributed by atoms with Gasteiger partial charge in [-0.05, 0) is 18.6 Å². The minimum absolute atomic E-state index is 0.411. The molecule has 3 rings (SSSR count). The molecule has 0 bridgehead atoms. The zero-order valence-corrected chi connectivity index (χ0v) is 10.0. The molecular weight excluding hydrogens is 220 g/mol. The minimum Gasteiger partial charge on any atom is -0.371 e. The van der Waals surface area contributed by atoms with E-state index >= 15 is 0 Å². The van der Waals surface area contributed by atoms with Gasteiger partial charge in [-0.2, -0.15) is 0 Å². The third-order valence-corrected chi connectivity index (χ3v) is 4.87. The molecular formula is C12H16N2OS. The molecule has 0 saturated carbocycles. The summed E-state index contributed by atoms with van der Waals surface area (Å²) in [6, 6.07) is 5.96. The third kappa shape index (κ3) is 2.10. The lowest BCUT2D eigenvalue weighted by Gasteiger charge is -2.38. The molecule has 1 aromatic heterocycles. The molecule has 0 aliphatic carbocycles. The molecule has 2 saturated heterocycles. The summed E-state index contributed by atoms with van der Waals surface area (Å²) in [5.41, 5.74) is 1.03. The van der Waals surface area contributed by atoms with Crippen LogP contribution in [0.5, 0.6) is 0 Å². The average molecular weight is 236 g/mol. The van der Waals surface area contributed by atoms with Crippen molar-refractivity contribution in [3.05, 3.63) is 30.1 Å². The number of hydrogen-bond donors (Lipinski definition) is 1. The van der Waals surface area contributed by atoms with Crippen LogP contribution in [0.1, 0.15) is 12.1 Å². The standard InChI is InChI=1S/C12H16N2OS/c1-2-4-14-10(3-1)6-15-11-5-12(16-7-11)8-13-9-12/h1-4,11,13H,5-9H2/t11-/m0/s1. The van der Waals surface area contributed by atoms with E-state index in [2.05, 4.69) is 22.1 Å². The van der Waals surface area contributed by atoms with E-state index in [4.69, 9.17) is 4.74 Å². The summed E-state index contributed by atoms with van der Waals surface area (Å²) in [6.07, 6.45) is 3.42. The molecule has 0 radical (unpaired) electrons. The summed E-state index contributed by atoms with van der Waals surface area (Å²) in [7, 11) is 0. The molecule has 2 aliphatic rings. The third-order valence-electron chi connectivity index (χ3n) is 3.26. The van der Waals surface area contributed by atoms with Gasteiger partial charge >= 0.3 is 0 Å². The van der Waals surface area contributed by atoms with Gasteiger partial charge in [-0.1, -0.05) is 6.07 Å². The monoisotopic (exact) mass is 236 g/mol. The van der Waals surface area contributed by atoms with Gasteiger partial charge in [0.25, 0.3) is 0 Å². The normalized spacial score (nSPS) is 26.9. The van der Waals surface area contributed by atoms with Crippen LogP contribution in [0.2, 0.25) is 0 Å². The zero-order chi connectivity index (χ0) is 10.8. The first kappa shape index (κ1) is 10.6. The van der Waals surface area contributed by atoms with Gasteiger partial charge < -0.3 is 10.1 Å². The minimum atomic E-state index is 0.411. The van der Waals surface area contributed by atoms with Crippen LogP contribution in [0.4, 0.5) is 0 Å². The maximum Gasteiger partial charge on any atom is 0.0892 e. The molecule has 0 unspecified atom stereocenters. The van der Waals surface area contributed by atoms with Crippen molar-refractivity contribution in [3.63, 3.8) is 0 Å². The molecule has 86 valence electrons. The largest absolute Gasteiger partial charge is 0.371 e. The van der Waals surface area contributed by atoms with Crippen LogP contribution in [0, 0.1) is 0 Å². The van der Waals surface area contributed by atoms with Gasteiger partial charge in [0, 0.05) is 29.8 Å². The first-order chi connectivity index (χ1) is 7.86. The molecule has 1 spiro atoms. The fraction of sp³-hybridized carbons (Fsp3) is 0.583. The lowest BCUT2D eigenvalue weighted by Crippen LogP contribution is -2.56. The highest BCUT2D eigenvalue weighted by Crippen LogP contribution is 2.42. The van der Waals surface area contributed by atoms with Crippen LogP contribution in [-0.4, -0.2) is 34.7 Å². The van der Waals surface area contributed by atoms with Crippen molar-refractivity contribution in [2.45, 2.75) is 23.9 Å². The number of aromatic nitrogens is 1. The van der Waals surface area contributed by atoms with Gasteiger partial charge in [-0.15, -0.1) is 11.8 Å². The van der Waals surface area contributed by atoms with Crippen LogP contribution < -0.4 is 5.32 Å². The Morgan fingerprint density at radius 2 is 2.44 bits per heavy atom. The van der Waals surface area contributed by atoms with Gasteiger partial charge in [0.1, 0.15) is 0 Å². The Bertz CT molecular complexity index is 353. The fourth-order valence-corrected chi connectivity index (χ4v) is 3.71. The molecule has 1 aromatic rings. The molecule has 0 amide bonds. The summed E-state index contributed by atoms with van der Waals surface area (Å²) >= 11 is 2.07. The molecule has 3 nitrogen and oxygen atoms in total. The van der Waals surface area contributed by atoms with Crippen molar-refractivity contribution in [1.29, 1.82) is 0 Å². The number of nitrogens with one attached hydrogen (secondary N) is 1. The first-order valence-corrected chi connectivity index (χ1v) is 6.71. The molecule has 4 heteroatoms. The number of rotatable bonds is 3. The van der Waals surface area contributed by atoms with Gasteiger partial charge in [0.2, 0.25) is 0 Å². The molecule has 1 atom stereocenters. The van der Waals surface area contributed by atoms with Gasteiger partial charge in [0.05, 0.1) is 18.4 Å². The van der Waals surface area contributed by atoms with E-state index in [1.807, 2.05) is 24.4 Å². The summed E-state index contributed by atoms with van der Waals surface area (Å²) < 4.78 is 6.40. The smallest absolute Gasteiger partial charge is 0.0892 e. The fourth-order valence-electron chi connectivity index (χ4n) is 2.25. The van der Waals surface area contributed by atoms with Crippen molar-refractivity contribution in [2.24, 2.45) is 0 Å². The first-order valence-electron chi connectivity index (χ1n) is 5.73. The Kier molecular flexibility index (Phi) is 2.88. The van der Waals surface area contributed by atoms with Crippen LogP contribution in [0.25, 0.3) is 0 Å². The van der Waals surface area contributed by atoms with E-state index < -0.39 is 0 Å². The number of hydrogen-bond acceptors (Lipinski definition) is 4. The Balaban J connectivity index is 1.50. The topological polar surface area (TPSA) is 34.1 Å². The molecule has 2 fully saturated rings. The Morgan fingerprint density at radius 3 is 3.06 bits per heavy atom. The number of nitrogens with zero attached hydrogens (tertiary/aromatic N) is 1. The maximum atomic E-state index is 5.91. The van der Waals surface area contributed by atoms with E-state index in [0.29, 0.717) is 17.5 Å². The number of ether oxygens (including phenoxy) is 1. The summed E-state index contributed by atoms with van der Waals surface area (Å²) in [5, 5.41) is 3.35. The highest BCUT2D eigenvalue weighted by Gasteiger charge is 2.44. The SMILES string of the molecule is c1ccc(CO[C@@H]2CSC3(CNC3)C2)nc1. The Morgan fingerprint density at radius 1 is 1.50 bits per heavy atom. The van der Waals surface area contributed by atoms with Gasteiger partial charge in [0.15, 0.2) is 0 Å². The van der Waals surface area contributed by atoms with E-state index in [0.717, 1.165) is 24.5 Å². The van der Waals surface area contributed by atoms with Gasteiger partial charge in [-0.25, -0.2) is 0 Å². The lowest BCUT2D eigenvalue weighted by molar-refractivity contribution is 0.0442. The van der Waals surface area contributed by atoms with Crippen molar-refractivity contribution in [2.75, 3.05) is 18.8 Å². The average Bonchev–Trinajstić information content (AvgIpc) is 2.72. The van der Waals surface area contributed by atoms with Crippen LogP contribution in [-0.2, 0) is 11.3 Å². The lowest BCUT2D eigenvalue weighted by atomic mass is 9.96. The van der Waals surface area contributed by atoms with E-state index in [-0.39, 0.29) is 0 Å². The van der Waals surface area contributed by atoms with Crippen LogP contribution in [0.3, 0.4) is 0 Å². The van der Waals surface area contributed by atoms with Gasteiger partial charge in [-0.3, -0.25) is 4.98 Å². The van der Waals surface area contributed by atoms with Crippen molar-refractivity contribution in [1.82, 2.24) is 10.3 Å². The summed E-state index contributed by atoms with van der Waals surface area (Å²) in [5.74, 6) is 1.13. The highest BCUT2D eigenvalue weighted by atomic mass is 32.2. The molecule has 3 heterocycles. The molecule has 2 aliphatic heterocycles. The van der Waals surface area contributed by atoms with Crippen molar-refractivity contribution in [3.8, 4) is 0 Å². The highest BCUT2D eigenvalue weighted by molar-refractivity contribution is 8.01. The predicted octanol–water partition coefficient (Wildman–Crippen LogP) is 1.45. The van der Waals surface area contributed by atoms with Crippen molar-refractivity contribution >= 4 is 11.8 Å². The van der Waals surface area contributed by atoms with E-state index in [1.165, 1.54) is 6.42 Å². The Hall–Kier alpha value is -0.580. The molecule has 16 heavy (non-hydrogen) atoms. The number of thioether (sulfide) groups is 1. The summed E-state index contributed by atoms with van der Waals surface area (Å²) in [6.45, 7) is 2.96. The van der Waals surface area contributed by atoms with E-state index in [1.54, 1.807) is 0 Å². The summed E-state index contributed by atoms with van der Waals surface area (Å²) in [4.78, 5) is 4.27. The Labute approximate surface area is 100.0 Å². The zero-order valence-electron chi connectivity index (χ0n) is 9.19. The van der Waals surface area contributed by atoms with Crippen LogP contribution >= 0.6 is 11.8 Å². The quantitative estimate of drug-likeness (QED) is 0.861. The van der Waals surface area contributed by atoms with Crippen LogP contribution in [0.15, 0.2) is 24.4 Å². The number of pyridine rings is 1. The predicted molar refractivity (Wildman–Crippen MR) is 65.5 cm³/mol. The van der Waals surface area contributed by atoms with Crippen molar-refractivity contribution < 1.29 is 4.74 Å².